The van der Waals surface area contributed by atoms with Gasteiger partial charge in [0, 0.05) is 18.1 Å². The maximum absolute atomic E-state index is 12.0. The van der Waals surface area contributed by atoms with Crippen molar-refractivity contribution < 1.29 is 14.5 Å². The van der Waals surface area contributed by atoms with Gasteiger partial charge in [-0.3, -0.25) is 14.9 Å². The van der Waals surface area contributed by atoms with Crippen LogP contribution in [0.4, 0.5) is 5.69 Å². The highest BCUT2D eigenvalue weighted by molar-refractivity contribution is 5.86. The van der Waals surface area contributed by atoms with Crippen molar-refractivity contribution in [3.05, 3.63) is 39.9 Å². The Kier molecular flexibility index (Phi) is 3.72. The summed E-state index contributed by atoms with van der Waals surface area (Å²) in [7, 11) is 0. The van der Waals surface area contributed by atoms with Crippen LogP contribution in [0.1, 0.15) is 25.3 Å². The zero-order valence-corrected chi connectivity index (χ0v) is 10.2. The summed E-state index contributed by atoms with van der Waals surface area (Å²) in [6, 6.07) is 6.34. The third-order valence-corrected chi connectivity index (χ3v) is 3.14. The van der Waals surface area contributed by atoms with Crippen LogP contribution < -0.4 is 0 Å². The highest BCUT2D eigenvalue weighted by atomic mass is 16.6. The van der Waals surface area contributed by atoms with Crippen molar-refractivity contribution in [1.29, 1.82) is 0 Å². The number of carbonyl (C=O) groups is 1. The second-order valence-corrected chi connectivity index (χ2v) is 4.54. The Morgan fingerprint density at radius 3 is 2.78 bits per heavy atom. The van der Waals surface area contributed by atoms with E-state index >= 15 is 0 Å². The van der Waals surface area contributed by atoms with Crippen LogP contribution in [-0.2, 0) is 16.0 Å². The molecule has 0 aromatic heterocycles. The van der Waals surface area contributed by atoms with Crippen LogP contribution in [0, 0.1) is 10.1 Å². The third kappa shape index (κ3) is 2.73. The SMILES string of the molecule is CC1CCC(C(=O)Cc2ccccc2[N+](=O)[O-])O1. The number of ether oxygens (including phenoxy) is 1. The molecule has 1 heterocycles. The van der Waals surface area contributed by atoms with Gasteiger partial charge in [-0.25, -0.2) is 0 Å². The van der Waals surface area contributed by atoms with Gasteiger partial charge >= 0.3 is 0 Å². The fraction of sp³-hybridized carbons (Fsp3) is 0.462. The lowest BCUT2D eigenvalue weighted by atomic mass is 10.0. The fourth-order valence-electron chi connectivity index (χ4n) is 2.18. The molecule has 0 aliphatic carbocycles. The van der Waals surface area contributed by atoms with Crippen molar-refractivity contribution >= 4 is 11.5 Å². The van der Waals surface area contributed by atoms with Gasteiger partial charge in [-0.15, -0.1) is 0 Å². The van der Waals surface area contributed by atoms with Crippen molar-refractivity contribution in [2.24, 2.45) is 0 Å². The first-order chi connectivity index (χ1) is 8.58. The zero-order valence-electron chi connectivity index (χ0n) is 10.2. The summed E-state index contributed by atoms with van der Waals surface area (Å²) in [5.74, 6) is -0.0753. The number of carbonyl (C=O) groups excluding carboxylic acids is 1. The maximum atomic E-state index is 12.0. The molecule has 5 nitrogen and oxygen atoms in total. The van der Waals surface area contributed by atoms with Gasteiger partial charge in [0.15, 0.2) is 5.78 Å². The lowest BCUT2D eigenvalue weighted by Gasteiger charge is -2.09. The molecule has 1 fully saturated rings. The molecule has 1 aromatic carbocycles. The van der Waals surface area contributed by atoms with Crippen LogP contribution >= 0.6 is 0 Å². The van der Waals surface area contributed by atoms with E-state index in [2.05, 4.69) is 0 Å². The molecular formula is C13H15NO4. The number of nitro benzene ring substituents is 1. The first-order valence-corrected chi connectivity index (χ1v) is 5.98. The van der Waals surface area contributed by atoms with Gasteiger partial charge in [0.25, 0.3) is 5.69 Å². The van der Waals surface area contributed by atoms with Crippen molar-refractivity contribution in [1.82, 2.24) is 0 Å². The molecule has 96 valence electrons. The van der Waals surface area contributed by atoms with Crippen molar-refractivity contribution in [2.45, 2.75) is 38.4 Å². The summed E-state index contributed by atoms with van der Waals surface area (Å²) < 4.78 is 5.48. The summed E-state index contributed by atoms with van der Waals surface area (Å²) in [5.41, 5.74) is 0.451. The number of Topliss-reactive ketones (excluding diaryl/α,β-unsaturated/α-hetero) is 1. The van der Waals surface area contributed by atoms with Crippen molar-refractivity contribution in [3.63, 3.8) is 0 Å². The number of rotatable bonds is 4. The first-order valence-electron chi connectivity index (χ1n) is 5.98. The molecule has 0 amide bonds. The lowest BCUT2D eigenvalue weighted by molar-refractivity contribution is -0.385. The number of ketones is 1. The first kappa shape index (κ1) is 12.7. The molecule has 0 bridgehead atoms. The Morgan fingerprint density at radius 1 is 1.44 bits per heavy atom. The summed E-state index contributed by atoms with van der Waals surface area (Å²) in [6.07, 6.45) is 1.34. The minimum atomic E-state index is -0.458. The largest absolute Gasteiger partial charge is 0.367 e. The van der Waals surface area contributed by atoms with Gasteiger partial charge in [0.2, 0.25) is 0 Å². The highest BCUT2D eigenvalue weighted by Crippen LogP contribution is 2.23. The predicted molar refractivity (Wildman–Crippen MR) is 65.4 cm³/mol. The predicted octanol–water partition coefficient (Wildman–Crippen LogP) is 2.27. The van der Waals surface area contributed by atoms with Gasteiger partial charge in [0.05, 0.1) is 11.0 Å². The number of nitrogens with zero attached hydrogens (tertiary/aromatic N) is 1. The minimum absolute atomic E-state index is 0.00287. The van der Waals surface area contributed by atoms with Gasteiger partial charge in [0.1, 0.15) is 6.10 Å². The molecule has 2 rings (SSSR count). The molecule has 2 unspecified atom stereocenters. The van der Waals surface area contributed by atoms with E-state index in [1.807, 2.05) is 6.92 Å². The molecule has 1 aliphatic heterocycles. The second kappa shape index (κ2) is 5.27. The molecular weight excluding hydrogens is 234 g/mol. The quantitative estimate of drug-likeness (QED) is 0.606. The Morgan fingerprint density at radius 2 is 2.17 bits per heavy atom. The topological polar surface area (TPSA) is 69.4 Å². The van der Waals surface area contributed by atoms with Gasteiger partial charge in [-0.2, -0.15) is 0 Å². The van der Waals surface area contributed by atoms with Gasteiger partial charge < -0.3 is 4.74 Å². The average Bonchev–Trinajstić information content (AvgIpc) is 2.76. The number of hydrogen-bond acceptors (Lipinski definition) is 4. The molecule has 0 N–H and O–H groups in total. The normalized spacial score (nSPS) is 22.9. The van der Waals surface area contributed by atoms with Crippen LogP contribution in [0.15, 0.2) is 24.3 Å². The van der Waals surface area contributed by atoms with Crippen LogP contribution in [0.5, 0.6) is 0 Å². The number of hydrogen-bond donors (Lipinski definition) is 0. The van der Waals surface area contributed by atoms with Crippen LogP contribution in [0.3, 0.4) is 0 Å². The Bertz CT molecular complexity index is 472. The summed E-state index contributed by atoms with van der Waals surface area (Å²) in [5, 5.41) is 10.8. The van der Waals surface area contributed by atoms with E-state index in [-0.39, 0.29) is 24.0 Å². The zero-order chi connectivity index (χ0) is 13.1. The molecule has 2 atom stereocenters. The van der Waals surface area contributed by atoms with E-state index in [0.29, 0.717) is 12.0 Å². The van der Waals surface area contributed by atoms with Crippen LogP contribution in [0.25, 0.3) is 0 Å². The fourth-order valence-corrected chi connectivity index (χ4v) is 2.18. The minimum Gasteiger partial charge on any atom is -0.367 e. The number of benzene rings is 1. The lowest BCUT2D eigenvalue weighted by Crippen LogP contribution is -2.22. The molecule has 5 heteroatoms. The smallest absolute Gasteiger partial charge is 0.273 e. The molecule has 1 aromatic rings. The molecule has 0 saturated carbocycles. The Hall–Kier alpha value is -1.75. The monoisotopic (exact) mass is 249 g/mol. The van der Waals surface area contributed by atoms with E-state index in [0.717, 1.165) is 6.42 Å². The molecule has 0 spiro atoms. The average molecular weight is 249 g/mol. The van der Waals surface area contributed by atoms with Crippen molar-refractivity contribution in [2.75, 3.05) is 0 Å². The van der Waals surface area contributed by atoms with E-state index in [4.69, 9.17) is 4.74 Å². The second-order valence-electron chi connectivity index (χ2n) is 4.54. The van der Waals surface area contributed by atoms with Gasteiger partial charge in [-0.05, 0) is 19.8 Å². The van der Waals surface area contributed by atoms with Crippen molar-refractivity contribution in [3.8, 4) is 0 Å². The third-order valence-electron chi connectivity index (χ3n) is 3.14. The summed E-state index contributed by atoms with van der Waals surface area (Å²) in [6.45, 7) is 1.93. The van der Waals surface area contributed by atoms with Crippen LogP contribution in [-0.4, -0.2) is 22.9 Å². The summed E-state index contributed by atoms with van der Waals surface area (Å²) >= 11 is 0. The van der Waals surface area contributed by atoms with Crippen LogP contribution in [0.2, 0.25) is 0 Å². The maximum Gasteiger partial charge on any atom is 0.273 e. The number of para-hydroxylation sites is 1. The van der Waals surface area contributed by atoms with E-state index in [1.165, 1.54) is 6.07 Å². The van der Waals surface area contributed by atoms with E-state index in [9.17, 15) is 14.9 Å². The summed E-state index contributed by atoms with van der Waals surface area (Å²) in [4.78, 5) is 22.4. The van der Waals surface area contributed by atoms with E-state index in [1.54, 1.807) is 18.2 Å². The molecule has 0 radical (unpaired) electrons. The standard InChI is InChI=1S/C13H15NO4/c1-9-6-7-13(18-9)12(15)8-10-4-2-3-5-11(10)14(16)17/h2-5,9,13H,6-8H2,1H3. The molecule has 1 aliphatic rings. The molecule has 18 heavy (non-hydrogen) atoms. The highest BCUT2D eigenvalue weighted by Gasteiger charge is 2.29. The molecule has 1 saturated heterocycles. The number of nitro groups is 1. The Labute approximate surface area is 105 Å². The van der Waals surface area contributed by atoms with E-state index < -0.39 is 11.0 Å². The van der Waals surface area contributed by atoms with Gasteiger partial charge in [-0.1, -0.05) is 18.2 Å². The Balaban J connectivity index is 2.09.